The largest absolute Gasteiger partial charge is 0.389 e. The Morgan fingerprint density at radius 3 is 2.94 bits per heavy atom. The zero-order valence-electron chi connectivity index (χ0n) is 8.97. The number of hydrogen-bond donors (Lipinski definition) is 2. The molecule has 1 aliphatic carbocycles. The molecule has 2 aliphatic rings. The van der Waals surface area contributed by atoms with E-state index in [9.17, 15) is 5.11 Å². The van der Waals surface area contributed by atoms with E-state index in [1.807, 2.05) is 12.1 Å². The Hall–Kier alpha value is -1.16. The van der Waals surface area contributed by atoms with Crippen LogP contribution in [0.5, 0.6) is 0 Å². The van der Waals surface area contributed by atoms with Gasteiger partial charge in [0, 0.05) is 13.1 Å². The van der Waals surface area contributed by atoms with E-state index in [0.29, 0.717) is 6.54 Å². The van der Waals surface area contributed by atoms with Crippen molar-refractivity contribution in [2.45, 2.75) is 18.3 Å². The Balaban J connectivity index is 1.76. The van der Waals surface area contributed by atoms with Crippen molar-refractivity contribution < 1.29 is 9.84 Å². The van der Waals surface area contributed by atoms with Gasteiger partial charge < -0.3 is 15.2 Å². The molecule has 1 aliphatic heterocycles. The van der Waals surface area contributed by atoms with E-state index in [0.717, 1.165) is 6.54 Å². The van der Waals surface area contributed by atoms with Crippen molar-refractivity contribution in [3.63, 3.8) is 0 Å². The van der Waals surface area contributed by atoms with Gasteiger partial charge in [-0.15, -0.1) is 0 Å². The van der Waals surface area contributed by atoms with E-state index < -0.39 is 0 Å². The SMILES string of the molecule is OC1CNCC1OC1C=Cc2ccccc21. The molecular formula is C13H15NO2. The average molecular weight is 217 g/mol. The van der Waals surface area contributed by atoms with Crippen molar-refractivity contribution in [2.75, 3.05) is 13.1 Å². The van der Waals surface area contributed by atoms with Gasteiger partial charge in [-0.3, -0.25) is 0 Å². The van der Waals surface area contributed by atoms with E-state index in [1.54, 1.807) is 0 Å². The third kappa shape index (κ3) is 1.67. The lowest BCUT2D eigenvalue weighted by atomic mass is 10.1. The summed E-state index contributed by atoms with van der Waals surface area (Å²) in [6.07, 6.45) is 3.64. The van der Waals surface area contributed by atoms with Gasteiger partial charge in [-0.05, 0) is 11.1 Å². The molecule has 3 atom stereocenters. The predicted molar refractivity (Wildman–Crippen MR) is 62.0 cm³/mol. The molecule has 1 fully saturated rings. The molecule has 0 aromatic heterocycles. The average Bonchev–Trinajstić information content (AvgIpc) is 2.88. The summed E-state index contributed by atoms with van der Waals surface area (Å²) in [6, 6.07) is 8.20. The first-order valence-electron chi connectivity index (χ1n) is 5.66. The zero-order valence-corrected chi connectivity index (χ0v) is 8.97. The van der Waals surface area contributed by atoms with Crippen molar-refractivity contribution in [1.29, 1.82) is 0 Å². The fourth-order valence-electron chi connectivity index (χ4n) is 2.30. The van der Waals surface area contributed by atoms with Crippen LogP contribution in [-0.2, 0) is 4.74 Å². The maximum atomic E-state index is 9.69. The van der Waals surface area contributed by atoms with Crippen LogP contribution < -0.4 is 5.32 Å². The minimum Gasteiger partial charge on any atom is -0.389 e. The second-order valence-electron chi connectivity index (χ2n) is 4.31. The molecule has 3 nitrogen and oxygen atoms in total. The van der Waals surface area contributed by atoms with Crippen molar-refractivity contribution in [3.8, 4) is 0 Å². The van der Waals surface area contributed by atoms with E-state index in [1.165, 1.54) is 11.1 Å². The van der Waals surface area contributed by atoms with Crippen molar-refractivity contribution >= 4 is 6.08 Å². The zero-order chi connectivity index (χ0) is 11.0. The highest BCUT2D eigenvalue weighted by atomic mass is 16.5. The topological polar surface area (TPSA) is 41.5 Å². The quantitative estimate of drug-likeness (QED) is 0.779. The van der Waals surface area contributed by atoms with E-state index in [4.69, 9.17) is 4.74 Å². The third-order valence-electron chi connectivity index (χ3n) is 3.20. The monoisotopic (exact) mass is 217 g/mol. The molecule has 3 rings (SSSR count). The first kappa shape index (κ1) is 10.0. The molecule has 1 saturated heterocycles. The smallest absolute Gasteiger partial charge is 0.102 e. The fraction of sp³-hybridized carbons (Fsp3) is 0.385. The second-order valence-corrected chi connectivity index (χ2v) is 4.31. The summed E-state index contributed by atoms with van der Waals surface area (Å²) < 4.78 is 5.91. The normalized spacial score (nSPS) is 31.9. The van der Waals surface area contributed by atoms with Crippen LogP contribution in [0, 0.1) is 0 Å². The maximum Gasteiger partial charge on any atom is 0.102 e. The van der Waals surface area contributed by atoms with Crippen LogP contribution in [0.3, 0.4) is 0 Å². The molecule has 1 heterocycles. The van der Waals surface area contributed by atoms with Crippen LogP contribution in [0.15, 0.2) is 30.3 Å². The highest BCUT2D eigenvalue weighted by Gasteiger charge is 2.29. The van der Waals surface area contributed by atoms with Crippen LogP contribution in [0.4, 0.5) is 0 Å². The number of benzene rings is 1. The van der Waals surface area contributed by atoms with Gasteiger partial charge in [0.1, 0.15) is 6.10 Å². The van der Waals surface area contributed by atoms with Crippen LogP contribution in [0.1, 0.15) is 17.2 Å². The lowest BCUT2D eigenvalue weighted by Gasteiger charge is -2.20. The van der Waals surface area contributed by atoms with Gasteiger partial charge in [0.15, 0.2) is 0 Å². The number of rotatable bonds is 2. The van der Waals surface area contributed by atoms with Crippen LogP contribution in [0.25, 0.3) is 6.08 Å². The molecule has 0 spiro atoms. The number of fused-ring (bicyclic) bond motifs is 1. The van der Waals surface area contributed by atoms with E-state index >= 15 is 0 Å². The molecule has 2 N–H and O–H groups in total. The Labute approximate surface area is 94.7 Å². The van der Waals surface area contributed by atoms with Gasteiger partial charge in [0.25, 0.3) is 0 Å². The van der Waals surface area contributed by atoms with Crippen LogP contribution in [0.2, 0.25) is 0 Å². The minimum atomic E-state index is -0.388. The first-order valence-corrected chi connectivity index (χ1v) is 5.66. The second kappa shape index (κ2) is 4.01. The number of aliphatic hydroxyl groups excluding tert-OH is 1. The molecule has 0 saturated carbocycles. The van der Waals surface area contributed by atoms with Crippen LogP contribution >= 0.6 is 0 Å². The van der Waals surface area contributed by atoms with Crippen molar-refractivity contribution in [3.05, 3.63) is 41.5 Å². The number of nitrogens with one attached hydrogen (secondary N) is 1. The summed E-state index contributed by atoms with van der Waals surface area (Å²) in [5.41, 5.74) is 2.41. The number of β-amino-alcohol motifs (C(OH)–C–C–N with tert-alkyl or cyclic N) is 1. The summed E-state index contributed by atoms with van der Waals surface area (Å²) in [5, 5.41) is 12.8. The summed E-state index contributed by atoms with van der Waals surface area (Å²) in [4.78, 5) is 0. The molecule has 84 valence electrons. The van der Waals surface area contributed by atoms with Crippen molar-refractivity contribution in [2.24, 2.45) is 0 Å². The van der Waals surface area contributed by atoms with E-state index in [-0.39, 0.29) is 18.3 Å². The molecule has 0 bridgehead atoms. The fourth-order valence-corrected chi connectivity index (χ4v) is 2.30. The highest BCUT2D eigenvalue weighted by Crippen LogP contribution is 2.32. The van der Waals surface area contributed by atoms with Crippen LogP contribution in [-0.4, -0.2) is 30.4 Å². The van der Waals surface area contributed by atoms with Gasteiger partial charge >= 0.3 is 0 Å². The molecule has 16 heavy (non-hydrogen) atoms. The highest BCUT2D eigenvalue weighted by molar-refractivity contribution is 5.61. The summed E-state index contributed by atoms with van der Waals surface area (Å²) >= 11 is 0. The standard InChI is InChI=1S/C13H15NO2/c15-11-7-14-8-13(11)16-12-6-5-9-3-1-2-4-10(9)12/h1-6,11-15H,7-8H2. The molecule has 1 aromatic carbocycles. The summed E-state index contributed by atoms with van der Waals surface area (Å²) in [5.74, 6) is 0. The molecule has 1 aromatic rings. The third-order valence-corrected chi connectivity index (χ3v) is 3.20. The van der Waals surface area contributed by atoms with Gasteiger partial charge in [0.05, 0.1) is 12.2 Å². The lowest BCUT2D eigenvalue weighted by Crippen LogP contribution is -2.28. The summed E-state index contributed by atoms with van der Waals surface area (Å²) in [6.45, 7) is 1.36. The number of ether oxygens (including phenoxy) is 1. The number of hydrogen-bond acceptors (Lipinski definition) is 3. The summed E-state index contributed by atoms with van der Waals surface area (Å²) in [7, 11) is 0. The molecule has 3 heteroatoms. The Bertz CT molecular complexity index is 416. The Kier molecular flexibility index (Phi) is 2.52. The molecule has 0 amide bonds. The molecular weight excluding hydrogens is 202 g/mol. The maximum absolute atomic E-state index is 9.69. The molecule has 0 radical (unpaired) electrons. The number of aliphatic hydroxyl groups is 1. The Morgan fingerprint density at radius 2 is 2.12 bits per heavy atom. The lowest BCUT2D eigenvalue weighted by molar-refractivity contribution is -0.0352. The Morgan fingerprint density at radius 1 is 1.25 bits per heavy atom. The van der Waals surface area contributed by atoms with Gasteiger partial charge in [-0.25, -0.2) is 0 Å². The first-order chi connectivity index (χ1) is 7.84. The van der Waals surface area contributed by atoms with E-state index in [2.05, 4.69) is 29.6 Å². The van der Waals surface area contributed by atoms with Gasteiger partial charge in [0.2, 0.25) is 0 Å². The van der Waals surface area contributed by atoms with Gasteiger partial charge in [-0.2, -0.15) is 0 Å². The predicted octanol–water partition coefficient (Wildman–Crippen LogP) is 1.10. The molecule has 3 unspecified atom stereocenters. The van der Waals surface area contributed by atoms with Crippen molar-refractivity contribution in [1.82, 2.24) is 5.32 Å². The van der Waals surface area contributed by atoms with Gasteiger partial charge in [-0.1, -0.05) is 36.4 Å². The minimum absolute atomic E-state index is 0.00394.